The van der Waals surface area contributed by atoms with E-state index in [1.807, 2.05) is 18.2 Å². The second kappa shape index (κ2) is 5.30. The summed E-state index contributed by atoms with van der Waals surface area (Å²) in [7, 11) is 1.72. The Kier molecular flexibility index (Phi) is 3.74. The van der Waals surface area contributed by atoms with E-state index in [0.29, 0.717) is 18.6 Å². The van der Waals surface area contributed by atoms with Crippen LogP contribution in [0.25, 0.3) is 0 Å². The second-order valence-corrected chi connectivity index (χ2v) is 4.71. The summed E-state index contributed by atoms with van der Waals surface area (Å²) in [6.45, 7) is 1.72. The number of aryl methyl sites for hydroxylation is 1. The van der Waals surface area contributed by atoms with Crippen LogP contribution in [0.2, 0.25) is 0 Å². The maximum Gasteiger partial charge on any atom is 0.303 e. The number of hydrogen-bond donors (Lipinski definition) is 1. The molecule has 5 nitrogen and oxygen atoms in total. The van der Waals surface area contributed by atoms with E-state index in [1.54, 1.807) is 18.9 Å². The van der Waals surface area contributed by atoms with Gasteiger partial charge in [0.1, 0.15) is 5.75 Å². The summed E-state index contributed by atoms with van der Waals surface area (Å²) >= 11 is 0. The van der Waals surface area contributed by atoms with Crippen LogP contribution < -0.4 is 9.64 Å². The average Bonchev–Trinajstić information content (AvgIpc) is 2.36. The summed E-state index contributed by atoms with van der Waals surface area (Å²) in [5.41, 5.74) is 1.76. The highest BCUT2D eigenvalue weighted by Crippen LogP contribution is 2.34. The van der Waals surface area contributed by atoms with Gasteiger partial charge >= 0.3 is 5.97 Å². The Morgan fingerprint density at radius 2 is 2.21 bits per heavy atom. The molecule has 1 amide bonds. The number of hydrogen-bond acceptors (Lipinski definition) is 3. The number of aliphatic carboxylic acids is 1. The Balaban J connectivity index is 2.14. The first-order chi connectivity index (χ1) is 8.99. The Morgan fingerprint density at radius 1 is 1.47 bits per heavy atom. The third-order valence-corrected chi connectivity index (χ3v) is 3.22. The van der Waals surface area contributed by atoms with E-state index in [4.69, 9.17) is 9.84 Å². The zero-order valence-electron chi connectivity index (χ0n) is 11.0. The highest BCUT2D eigenvalue weighted by Gasteiger charge is 2.28. The van der Waals surface area contributed by atoms with Crippen molar-refractivity contribution in [1.82, 2.24) is 0 Å². The molecule has 5 heteroatoms. The molecule has 1 aromatic rings. The van der Waals surface area contributed by atoms with Gasteiger partial charge in [0.25, 0.3) is 5.91 Å². The van der Waals surface area contributed by atoms with Gasteiger partial charge in [-0.25, -0.2) is 0 Å². The third-order valence-electron chi connectivity index (χ3n) is 3.22. The number of anilines is 1. The number of carboxylic acids is 1. The fourth-order valence-corrected chi connectivity index (χ4v) is 2.16. The number of benzene rings is 1. The van der Waals surface area contributed by atoms with Gasteiger partial charge in [0.2, 0.25) is 0 Å². The van der Waals surface area contributed by atoms with E-state index in [1.165, 1.54) is 0 Å². The molecule has 0 aromatic heterocycles. The minimum atomic E-state index is -0.789. The molecule has 102 valence electrons. The van der Waals surface area contributed by atoms with Gasteiger partial charge in [-0.2, -0.15) is 0 Å². The molecule has 1 N–H and O–H groups in total. The average molecular weight is 263 g/mol. The van der Waals surface area contributed by atoms with Crippen molar-refractivity contribution in [3.8, 4) is 5.75 Å². The molecule has 0 aliphatic carbocycles. The molecule has 0 fully saturated rings. The van der Waals surface area contributed by atoms with Gasteiger partial charge in [-0.15, -0.1) is 0 Å². The van der Waals surface area contributed by atoms with Crippen LogP contribution in [0.4, 0.5) is 5.69 Å². The third kappa shape index (κ3) is 2.86. The molecule has 0 bridgehead atoms. The number of ether oxygens (including phenoxy) is 1. The minimum Gasteiger partial charge on any atom is -0.481 e. The predicted octanol–water partition coefficient (Wildman–Crippen LogP) is 1.84. The van der Waals surface area contributed by atoms with Gasteiger partial charge in [0, 0.05) is 13.5 Å². The molecule has 0 spiro atoms. The summed E-state index contributed by atoms with van der Waals surface area (Å²) in [6.07, 6.45) is 0.954. The van der Waals surface area contributed by atoms with Crippen LogP contribution in [0.15, 0.2) is 18.2 Å². The Morgan fingerprint density at radius 3 is 2.89 bits per heavy atom. The van der Waals surface area contributed by atoms with Crippen LogP contribution in [0.5, 0.6) is 5.75 Å². The van der Waals surface area contributed by atoms with Crippen molar-refractivity contribution in [3.63, 3.8) is 0 Å². The first-order valence-corrected chi connectivity index (χ1v) is 6.28. The SMILES string of the molecule is CC1Oc2ccc(CCCC(=O)O)cc2N(C)C1=O. The molecule has 0 radical (unpaired) electrons. The molecular formula is C14H17NO4. The quantitative estimate of drug-likeness (QED) is 0.900. The molecule has 1 atom stereocenters. The lowest BCUT2D eigenvalue weighted by Crippen LogP contribution is -2.42. The van der Waals surface area contributed by atoms with E-state index in [0.717, 1.165) is 11.3 Å². The van der Waals surface area contributed by atoms with E-state index < -0.39 is 12.1 Å². The first-order valence-electron chi connectivity index (χ1n) is 6.28. The first kappa shape index (κ1) is 13.4. The summed E-state index contributed by atoms with van der Waals surface area (Å²) in [5, 5.41) is 8.62. The number of fused-ring (bicyclic) bond motifs is 1. The number of amides is 1. The lowest BCUT2D eigenvalue weighted by Gasteiger charge is -2.30. The van der Waals surface area contributed by atoms with Gasteiger partial charge in [-0.3, -0.25) is 9.59 Å². The van der Waals surface area contributed by atoms with Crippen LogP contribution >= 0.6 is 0 Å². The van der Waals surface area contributed by atoms with Gasteiger partial charge in [-0.1, -0.05) is 6.07 Å². The van der Waals surface area contributed by atoms with Crippen LogP contribution in [0.3, 0.4) is 0 Å². The maximum atomic E-state index is 11.8. The summed E-state index contributed by atoms with van der Waals surface area (Å²) in [6, 6.07) is 5.64. The van der Waals surface area contributed by atoms with Gasteiger partial charge in [-0.05, 0) is 37.5 Å². The number of likely N-dealkylation sites (N-methyl/N-ethyl adjacent to an activating group) is 1. The maximum absolute atomic E-state index is 11.8. The molecule has 0 saturated heterocycles. The zero-order valence-corrected chi connectivity index (χ0v) is 11.0. The minimum absolute atomic E-state index is 0.0739. The predicted molar refractivity (Wildman–Crippen MR) is 70.5 cm³/mol. The van der Waals surface area contributed by atoms with Gasteiger partial charge in [0.05, 0.1) is 5.69 Å². The molecule has 0 saturated carbocycles. The van der Waals surface area contributed by atoms with Crippen LogP contribution in [-0.2, 0) is 16.0 Å². The fraction of sp³-hybridized carbons (Fsp3) is 0.429. The smallest absolute Gasteiger partial charge is 0.303 e. The second-order valence-electron chi connectivity index (χ2n) is 4.71. The Hall–Kier alpha value is -2.04. The number of nitrogens with zero attached hydrogens (tertiary/aromatic N) is 1. The molecule has 1 aliphatic heterocycles. The highest BCUT2D eigenvalue weighted by molar-refractivity contribution is 5.99. The summed E-state index contributed by atoms with van der Waals surface area (Å²) in [4.78, 5) is 23.9. The standard InChI is InChI=1S/C14H17NO4/c1-9-14(18)15(2)11-8-10(4-3-5-13(16)17)6-7-12(11)19-9/h6-9H,3-5H2,1-2H3,(H,16,17). The molecule has 19 heavy (non-hydrogen) atoms. The molecule has 2 rings (SSSR count). The van der Waals surface area contributed by atoms with Gasteiger partial charge in [0.15, 0.2) is 6.10 Å². The summed E-state index contributed by atoms with van der Waals surface area (Å²) in [5.74, 6) is -0.172. The number of carboxylic acid groups (broad SMARTS) is 1. The van der Waals surface area contributed by atoms with E-state index in [9.17, 15) is 9.59 Å². The van der Waals surface area contributed by atoms with Crippen molar-refractivity contribution in [2.75, 3.05) is 11.9 Å². The van der Waals surface area contributed by atoms with Crippen molar-refractivity contribution in [2.45, 2.75) is 32.3 Å². The van der Waals surface area contributed by atoms with Crippen molar-refractivity contribution in [3.05, 3.63) is 23.8 Å². The lowest BCUT2D eigenvalue weighted by atomic mass is 10.1. The Bertz CT molecular complexity index is 512. The topological polar surface area (TPSA) is 66.8 Å². The van der Waals surface area contributed by atoms with Crippen molar-refractivity contribution >= 4 is 17.6 Å². The van der Waals surface area contributed by atoms with Crippen molar-refractivity contribution < 1.29 is 19.4 Å². The molecule has 1 heterocycles. The number of rotatable bonds is 4. The zero-order chi connectivity index (χ0) is 14.0. The fourth-order valence-electron chi connectivity index (χ4n) is 2.16. The molecular weight excluding hydrogens is 246 g/mol. The van der Waals surface area contributed by atoms with Crippen molar-refractivity contribution in [1.29, 1.82) is 0 Å². The largest absolute Gasteiger partial charge is 0.481 e. The van der Waals surface area contributed by atoms with Crippen LogP contribution in [-0.4, -0.2) is 30.1 Å². The lowest BCUT2D eigenvalue weighted by molar-refractivity contribution is -0.137. The van der Waals surface area contributed by atoms with E-state index in [2.05, 4.69) is 0 Å². The Labute approximate surface area is 111 Å². The molecule has 1 aliphatic rings. The van der Waals surface area contributed by atoms with E-state index in [-0.39, 0.29) is 12.3 Å². The molecule has 1 aromatic carbocycles. The molecule has 1 unspecified atom stereocenters. The van der Waals surface area contributed by atoms with E-state index >= 15 is 0 Å². The summed E-state index contributed by atoms with van der Waals surface area (Å²) < 4.78 is 5.53. The van der Waals surface area contributed by atoms with Crippen LogP contribution in [0, 0.1) is 0 Å². The normalized spacial score (nSPS) is 17.9. The van der Waals surface area contributed by atoms with Crippen LogP contribution in [0.1, 0.15) is 25.3 Å². The highest BCUT2D eigenvalue weighted by atomic mass is 16.5. The van der Waals surface area contributed by atoms with Gasteiger partial charge < -0.3 is 14.7 Å². The van der Waals surface area contributed by atoms with Crippen molar-refractivity contribution in [2.24, 2.45) is 0 Å². The number of carbonyl (C=O) groups excluding carboxylic acids is 1. The monoisotopic (exact) mass is 263 g/mol. The number of carbonyl (C=O) groups is 2.